The summed E-state index contributed by atoms with van der Waals surface area (Å²) in [6.45, 7) is 4.62. The van der Waals surface area contributed by atoms with Crippen molar-refractivity contribution in [1.82, 2.24) is 14.7 Å². The normalized spacial score (nSPS) is 14.9. The number of halogens is 3. The van der Waals surface area contributed by atoms with Gasteiger partial charge in [0.15, 0.2) is 5.78 Å². The van der Waals surface area contributed by atoms with E-state index in [1.54, 1.807) is 6.07 Å². The van der Waals surface area contributed by atoms with E-state index in [2.05, 4.69) is 9.84 Å². The Bertz CT molecular complexity index is 1240. The first-order valence-corrected chi connectivity index (χ1v) is 12.6. The Kier molecular flexibility index (Phi) is 8.32. The number of carbonyl (C=O) groups is 2. The number of ether oxygens (including phenoxy) is 1. The summed E-state index contributed by atoms with van der Waals surface area (Å²) in [6.07, 6.45) is -0.256. The first kappa shape index (κ1) is 26.9. The average molecular weight is 516 g/mol. The molecule has 37 heavy (non-hydrogen) atoms. The van der Waals surface area contributed by atoms with Gasteiger partial charge in [0.05, 0.1) is 5.52 Å². The summed E-state index contributed by atoms with van der Waals surface area (Å²) in [5.41, 5.74) is 4.03. The Morgan fingerprint density at radius 3 is 2.43 bits per heavy atom. The second-order valence-corrected chi connectivity index (χ2v) is 9.82. The topological polar surface area (TPSA) is 64.4 Å². The molecule has 0 radical (unpaired) electrons. The number of hydrogen-bond donors (Lipinski definition) is 0. The van der Waals surface area contributed by atoms with Crippen LogP contribution in [0.4, 0.5) is 13.2 Å². The highest BCUT2D eigenvalue weighted by Gasteiger charge is 2.27. The van der Waals surface area contributed by atoms with E-state index in [9.17, 15) is 22.8 Å². The molecular weight excluding hydrogens is 483 g/mol. The van der Waals surface area contributed by atoms with E-state index in [-0.39, 0.29) is 31.1 Å². The molecule has 0 saturated carbocycles. The van der Waals surface area contributed by atoms with Crippen molar-refractivity contribution in [1.29, 1.82) is 0 Å². The van der Waals surface area contributed by atoms with Gasteiger partial charge in [-0.15, -0.1) is 0 Å². The molecule has 1 fully saturated rings. The Morgan fingerprint density at radius 1 is 1.05 bits per heavy atom. The second kappa shape index (κ2) is 11.5. The molecule has 6 nitrogen and oxygen atoms in total. The number of benzene rings is 2. The van der Waals surface area contributed by atoms with E-state index >= 15 is 0 Å². The van der Waals surface area contributed by atoms with Gasteiger partial charge in [-0.25, -0.2) is 0 Å². The number of aryl methyl sites for hydroxylation is 2. The lowest BCUT2D eigenvalue weighted by Gasteiger charge is -2.32. The predicted molar refractivity (Wildman–Crippen MR) is 135 cm³/mol. The van der Waals surface area contributed by atoms with Gasteiger partial charge in [-0.3, -0.25) is 14.3 Å². The summed E-state index contributed by atoms with van der Waals surface area (Å²) in [5, 5.41) is 5.58. The Hall–Kier alpha value is -3.20. The van der Waals surface area contributed by atoms with Crippen LogP contribution >= 0.6 is 0 Å². The van der Waals surface area contributed by atoms with Crippen LogP contribution in [0, 0.1) is 19.8 Å². The summed E-state index contributed by atoms with van der Waals surface area (Å²) in [5.74, 6) is 0.353. The Balaban J connectivity index is 1.31. The number of amides is 1. The molecule has 4 rings (SSSR count). The molecule has 2 aromatic carbocycles. The number of nitrogens with zero attached hydrogens (tertiary/aromatic N) is 3. The van der Waals surface area contributed by atoms with E-state index in [0.29, 0.717) is 24.6 Å². The van der Waals surface area contributed by atoms with Crippen molar-refractivity contribution in [3.63, 3.8) is 0 Å². The number of hydrogen-bond acceptors (Lipinski definition) is 4. The van der Waals surface area contributed by atoms with Gasteiger partial charge in [0, 0.05) is 55.4 Å². The maximum atomic E-state index is 12.8. The van der Waals surface area contributed by atoms with E-state index in [1.165, 1.54) is 0 Å². The largest absolute Gasteiger partial charge is 0.411 e. The molecule has 9 heteroatoms. The molecule has 1 aliphatic rings. The van der Waals surface area contributed by atoms with Gasteiger partial charge in [0.25, 0.3) is 5.91 Å². The summed E-state index contributed by atoms with van der Waals surface area (Å²) < 4.78 is 43.0. The number of alkyl halides is 3. The molecule has 2 heterocycles. The standard InChI is InChI=1S/C28H32F3N3O3/c1-19-5-7-22(8-6-19)27(36)33-13-11-21(12-14-33)16-34-17-24-20(2)23(9-10-25(24)32-34)26(35)4-3-15-37-18-28(29,30)31/h5-10,17,21H,3-4,11-16,18H2,1-2H3. The lowest BCUT2D eigenvalue weighted by molar-refractivity contribution is -0.173. The van der Waals surface area contributed by atoms with E-state index in [4.69, 9.17) is 0 Å². The quantitative estimate of drug-likeness (QED) is 0.269. The molecule has 198 valence electrons. The van der Waals surface area contributed by atoms with Crippen molar-refractivity contribution in [3.8, 4) is 0 Å². The summed E-state index contributed by atoms with van der Waals surface area (Å²) in [7, 11) is 0. The van der Waals surface area contributed by atoms with Crippen LogP contribution in [0.5, 0.6) is 0 Å². The zero-order chi connectivity index (χ0) is 26.6. The maximum absolute atomic E-state index is 12.8. The highest BCUT2D eigenvalue weighted by molar-refractivity contribution is 6.01. The molecule has 1 saturated heterocycles. The summed E-state index contributed by atoms with van der Waals surface area (Å²) in [4.78, 5) is 27.4. The maximum Gasteiger partial charge on any atom is 0.411 e. The van der Waals surface area contributed by atoms with Crippen LogP contribution in [-0.4, -0.2) is 58.9 Å². The SMILES string of the molecule is Cc1ccc(C(=O)N2CCC(Cn3cc4c(C)c(C(=O)CCCOCC(F)(F)F)ccc4n3)CC2)cc1. The molecule has 0 atom stereocenters. The van der Waals surface area contributed by atoms with Crippen LogP contribution in [0.3, 0.4) is 0 Å². The van der Waals surface area contributed by atoms with Crippen LogP contribution in [0.2, 0.25) is 0 Å². The fourth-order valence-corrected chi connectivity index (χ4v) is 4.80. The molecule has 0 bridgehead atoms. The van der Waals surface area contributed by atoms with Crippen LogP contribution in [0.25, 0.3) is 10.9 Å². The molecule has 0 spiro atoms. The number of carbonyl (C=O) groups excluding carboxylic acids is 2. The lowest BCUT2D eigenvalue weighted by atomic mass is 9.96. The van der Waals surface area contributed by atoms with Crippen molar-refractivity contribution >= 4 is 22.6 Å². The molecular formula is C28H32F3N3O3. The van der Waals surface area contributed by atoms with Gasteiger partial charge < -0.3 is 9.64 Å². The minimum absolute atomic E-state index is 0.0722. The first-order chi connectivity index (χ1) is 17.6. The van der Waals surface area contributed by atoms with Crippen molar-refractivity contribution in [2.24, 2.45) is 5.92 Å². The Morgan fingerprint density at radius 2 is 1.76 bits per heavy atom. The fourth-order valence-electron chi connectivity index (χ4n) is 4.80. The van der Waals surface area contributed by atoms with Crippen LogP contribution < -0.4 is 0 Å². The molecule has 1 amide bonds. The van der Waals surface area contributed by atoms with Crippen molar-refractivity contribution in [3.05, 3.63) is 64.8 Å². The third kappa shape index (κ3) is 6.97. The van der Waals surface area contributed by atoms with E-state index in [1.807, 2.05) is 60.0 Å². The number of likely N-dealkylation sites (tertiary alicyclic amines) is 1. The van der Waals surface area contributed by atoms with E-state index < -0.39 is 12.8 Å². The lowest BCUT2D eigenvalue weighted by Crippen LogP contribution is -2.39. The molecule has 3 aromatic rings. The fraction of sp³-hybridized carbons (Fsp3) is 0.464. The number of aromatic nitrogens is 2. The smallest absolute Gasteiger partial charge is 0.372 e. The van der Waals surface area contributed by atoms with Crippen molar-refractivity contribution in [2.75, 3.05) is 26.3 Å². The third-order valence-electron chi connectivity index (χ3n) is 6.91. The first-order valence-electron chi connectivity index (χ1n) is 12.6. The van der Waals surface area contributed by atoms with Crippen LogP contribution in [0.1, 0.15) is 57.5 Å². The highest BCUT2D eigenvalue weighted by Crippen LogP contribution is 2.25. The highest BCUT2D eigenvalue weighted by atomic mass is 19.4. The van der Waals surface area contributed by atoms with Gasteiger partial charge in [-0.1, -0.05) is 17.7 Å². The molecule has 0 aliphatic carbocycles. The van der Waals surface area contributed by atoms with Crippen molar-refractivity contribution < 1.29 is 27.5 Å². The zero-order valence-electron chi connectivity index (χ0n) is 21.2. The van der Waals surface area contributed by atoms with Gasteiger partial charge in [-0.2, -0.15) is 18.3 Å². The van der Waals surface area contributed by atoms with Gasteiger partial charge in [0.1, 0.15) is 6.61 Å². The van der Waals surface area contributed by atoms with Crippen LogP contribution in [-0.2, 0) is 11.3 Å². The second-order valence-electron chi connectivity index (χ2n) is 9.82. The minimum Gasteiger partial charge on any atom is -0.372 e. The Labute approximate surface area is 214 Å². The summed E-state index contributed by atoms with van der Waals surface area (Å²) in [6, 6.07) is 11.2. The van der Waals surface area contributed by atoms with Crippen LogP contribution in [0.15, 0.2) is 42.6 Å². The van der Waals surface area contributed by atoms with E-state index in [0.717, 1.165) is 47.0 Å². The predicted octanol–water partition coefficient (Wildman–Crippen LogP) is 5.75. The zero-order valence-corrected chi connectivity index (χ0v) is 21.2. The number of Topliss-reactive ketones (excluding diaryl/α,β-unsaturated/α-hetero) is 1. The average Bonchev–Trinajstić information content (AvgIpc) is 3.27. The minimum atomic E-state index is -4.36. The molecule has 1 aromatic heterocycles. The number of ketones is 1. The summed E-state index contributed by atoms with van der Waals surface area (Å²) >= 11 is 0. The number of rotatable bonds is 9. The third-order valence-corrected chi connectivity index (χ3v) is 6.91. The molecule has 1 aliphatic heterocycles. The number of fused-ring (bicyclic) bond motifs is 1. The van der Waals surface area contributed by atoms with Crippen molar-refractivity contribution in [2.45, 2.75) is 52.3 Å². The molecule has 0 unspecified atom stereocenters. The monoisotopic (exact) mass is 515 g/mol. The van der Waals surface area contributed by atoms with Gasteiger partial charge in [-0.05, 0) is 68.9 Å². The van der Waals surface area contributed by atoms with Gasteiger partial charge >= 0.3 is 6.18 Å². The molecule has 0 N–H and O–H groups in total. The van der Waals surface area contributed by atoms with Gasteiger partial charge in [0.2, 0.25) is 0 Å². The number of piperidine rings is 1.